The Kier molecular flexibility index (Phi) is 3.67. The van der Waals surface area contributed by atoms with Crippen LogP contribution in [0.1, 0.15) is 12.0 Å². The van der Waals surface area contributed by atoms with E-state index in [2.05, 4.69) is 22.0 Å². The third-order valence-electron chi connectivity index (χ3n) is 4.77. The Bertz CT molecular complexity index is 780. The van der Waals surface area contributed by atoms with Gasteiger partial charge in [-0.15, -0.1) is 0 Å². The zero-order chi connectivity index (χ0) is 15.9. The van der Waals surface area contributed by atoms with Crippen LogP contribution < -0.4 is 0 Å². The molecule has 0 spiro atoms. The molecule has 4 rings (SSSR count). The summed E-state index contributed by atoms with van der Waals surface area (Å²) in [6, 6.07) is 14.0. The molecule has 0 unspecified atom stereocenters. The van der Waals surface area contributed by atoms with Crippen LogP contribution in [0.2, 0.25) is 0 Å². The van der Waals surface area contributed by atoms with Crippen molar-refractivity contribution >= 4 is 10.0 Å². The number of nitrogens with zero attached hydrogens (tertiary/aromatic N) is 3. The van der Waals surface area contributed by atoms with E-state index in [0.29, 0.717) is 17.5 Å². The summed E-state index contributed by atoms with van der Waals surface area (Å²) in [7, 11) is -3.42. The largest absolute Gasteiger partial charge is 0.293 e. The number of sulfonamides is 1. The van der Waals surface area contributed by atoms with Crippen molar-refractivity contribution in [3.05, 3.63) is 60.4 Å². The molecule has 0 radical (unpaired) electrons. The molecule has 2 aliphatic rings. The second-order valence-electron chi connectivity index (χ2n) is 6.22. The lowest BCUT2D eigenvalue weighted by Crippen LogP contribution is -2.48. The molecule has 2 atom stereocenters. The minimum absolute atomic E-state index is 0.0777. The molecule has 120 valence electrons. The second kappa shape index (κ2) is 5.70. The van der Waals surface area contributed by atoms with E-state index < -0.39 is 10.0 Å². The molecule has 2 fully saturated rings. The third kappa shape index (κ3) is 2.67. The first kappa shape index (κ1) is 14.8. The van der Waals surface area contributed by atoms with Crippen LogP contribution in [-0.2, 0) is 16.6 Å². The van der Waals surface area contributed by atoms with Crippen LogP contribution in [0, 0.1) is 0 Å². The number of fused-ring (bicyclic) bond motifs is 2. The van der Waals surface area contributed by atoms with Gasteiger partial charge in [0.1, 0.15) is 4.90 Å². The molecule has 0 N–H and O–H groups in total. The number of piperazine rings is 1. The highest BCUT2D eigenvalue weighted by Crippen LogP contribution is 2.35. The maximum Gasteiger partial charge on any atom is 0.244 e. The van der Waals surface area contributed by atoms with E-state index in [1.165, 1.54) is 11.8 Å². The highest BCUT2D eigenvalue weighted by Gasteiger charge is 2.48. The molecule has 0 saturated carbocycles. The quantitative estimate of drug-likeness (QED) is 0.857. The first-order chi connectivity index (χ1) is 11.1. The second-order valence-corrected chi connectivity index (χ2v) is 8.11. The van der Waals surface area contributed by atoms with Crippen LogP contribution in [0.15, 0.2) is 59.8 Å². The number of aromatic nitrogens is 1. The number of hydrogen-bond donors (Lipinski definition) is 0. The highest BCUT2D eigenvalue weighted by molar-refractivity contribution is 7.89. The van der Waals surface area contributed by atoms with Gasteiger partial charge >= 0.3 is 0 Å². The van der Waals surface area contributed by atoms with Crippen LogP contribution in [0.3, 0.4) is 0 Å². The minimum Gasteiger partial charge on any atom is -0.293 e. The Morgan fingerprint density at radius 2 is 1.87 bits per heavy atom. The predicted octanol–water partition coefficient (Wildman–Crippen LogP) is 1.73. The SMILES string of the molecule is O=S(=O)(c1cccnc1)N1C[C@@H]2C[C@H]1CN2Cc1ccccc1. The van der Waals surface area contributed by atoms with Gasteiger partial charge in [0, 0.05) is 44.1 Å². The lowest BCUT2D eigenvalue weighted by molar-refractivity contribution is 0.174. The predicted molar refractivity (Wildman–Crippen MR) is 87.2 cm³/mol. The van der Waals surface area contributed by atoms with Crippen molar-refractivity contribution in [1.29, 1.82) is 0 Å². The van der Waals surface area contributed by atoms with Crippen LogP contribution >= 0.6 is 0 Å². The summed E-state index contributed by atoms with van der Waals surface area (Å²) in [6.07, 6.45) is 3.95. The fourth-order valence-corrected chi connectivity index (χ4v) is 5.28. The van der Waals surface area contributed by atoms with Crippen molar-refractivity contribution in [3.63, 3.8) is 0 Å². The molecule has 6 heteroatoms. The Balaban J connectivity index is 1.49. The van der Waals surface area contributed by atoms with E-state index >= 15 is 0 Å². The molecule has 5 nitrogen and oxygen atoms in total. The topological polar surface area (TPSA) is 53.5 Å². The lowest BCUT2D eigenvalue weighted by Gasteiger charge is -2.33. The Morgan fingerprint density at radius 1 is 1.04 bits per heavy atom. The Morgan fingerprint density at radius 3 is 2.52 bits per heavy atom. The number of rotatable bonds is 4. The molecular weight excluding hydrogens is 310 g/mol. The van der Waals surface area contributed by atoms with Gasteiger partial charge in [0.15, 0.2) is 0 Å². The van der Waals surface area contributed by atoms with Crippen molar-refractivity contribution < 1.29 is 8.42 Å². The molecule has 2 bridgehead atoms. The van der Waals surface area contributed by atoms with Crippen molar-refractivity contribution in [1.82, 2.24) is 14.2 Å². The van der Waals surface area contributed by atoms with E-state index in [4.69, 9.17) is 0 Å². The molecule has 2 aromatic rings. The molecule has 0 amide bonds. The van der Waals surface area contributed by atoms with Gasteiger partial charge in [-0.1, -0.05) is 30.3 Å². The normalized spacial score (nSPS) is 25.0. The fourth-order valence-electron chi connectivity index (χ4n) is 3.65. The monoisotopic (exact) mass is 329 g/mol. The average molecular weight is 329 g/mol. The smallest absolute Gasteiger partial charge is 0.244 e. The molecule has 2 aliphatic heterocycles. The van der Waals surface area contributed by atoms with E-state index in [1.807, 2.05) is 18.2 Å². The molecule has 1 aromatic heterocycles. The zero-order valence-corrected chi connectivity index (χ0v) is 13.6. The maximum absolute atomic E-state index is 12.8. The van der Waals surface area contributed by atoms with Gasteiger partial charge < -0.3 is 0 Å². The van der Waals surface area contributed by atoms with Gasteiger partial charge in [0.05, 0.1) is 0 Å². The minimum atomic E-state index is -3.42. The van der Waals surface area contributed by atoms with Crippen molar-refractivity contribution in [2.75, 3.05) is 13.1 Å². The lowest BCUT2D eigenvalue weighted by atomic mass is 10.2. The van der Waals surface area contributed by atoms with Gasteiger partial charge in [-0.25, -0.2) is 8.42 Å². The van der Waals surface area contributed by atoms with Crippen LogP contribution in [0.5, 0.6) is 0 Å². The van der Waals surface area contributed by atoms with E-state index in [0.717, 1.165) is 19.5 Å². The standard InChI is InChI=1S/C17H19N3O2S/c21-23(22,17-7-4-8-18-10-17)20-13-15-9-16(20)12-19(15)11-14-5-2-1-3-6-14/h1-8,10,15-16H,9,11-13H2/t15-,16-/m0/s1. The van der Waals surface area contributed by atoms with E-state index in [1.54, 1.807) is 22.6 Å². The first-order valence-corrected chi connectivity index (χ1v) is 9.28. The summed E-state index contributed by atoms with van der Waals surface area (Å²) in [6.45, 7) is 2.27. The number of benzene rings is 1. The summed E-state index contributed by atoms with van der Waals surface area (Å²) in [5, 5.41) is 0. The van der Waals surface area contributed by atoms with Crippen LogP contribution in [0.4, 0.5) is 0 Å². The van der Waals surface area contributed by atoms with Gasteiger partial charge in [0.25, 0.3) is 0 Å². The zero-order valence-electron chi connectivity index (χ0n) is 12.7. The maximum atomic E-state index is 12.8. The molecule has 23 heavy (non-hydrogen) atoms. The number of likely N-dealkylation sites (tertiary alicyclic amines) is 1. The van der Waals surface area contributed by atoms with Crippen LogP contribution in [-0.4, -0.2) is 47.8 Å². The summed E-state index contributed by atoms with van der Waals surface area (Å²) in [5.74, 6) is 0. The van der Waals surface area contributed by atoms with Crippen molar-refractivity contribution in [3.8, 4) is 0 Å². The third-order valence-corrected chi connectivity index (χ3v) is 6.68. The molecule has 0 aliphatic carbocycles. The summed E-state index contributed by atoms with van der Waals surface area (Å²) in [5.41, 5.74) is 1.28. The molecular formula is C17H19N3O2S. The summed E-state index contributed by atoms with van der Waals surface area (Å²) < 4.78 is 27.2. The van der Waals surface area contributed by atoms with Gasteiger partial charge in [0.2, 0.25) is 10.0 Å². The average Bonchev–Trinajstić information content (AvgIpc) is 3.17. The van der Waals surface area contributed by atoms with Crippen LogP contribution in [0.25, 0.3) is 0 Å². The van der Waals surface area contributed by atoms with E-state index in [-0.39, 0.29) is 6.04 Å². The fraction of sp³-hybridized carbons (Fsp3) is 0.353. The Labute approximate surface area is 136 Å². The van der Waals surface area contributed by atoms with Gasteiger partial charge in [-0.05, 0) is 24.1 Å². The molecule has 2 saturated heterocycles. The van der Waals surface area contributed by atoms with Crippen molar-refractivity contribution in [2.45, 2.75) is 29.9 Å². The van der Waals surface area contributed by atoms with Crippen molar-refractivity contribution in [2.24, 2.45) is 0 Å². The Hall–Kier alpha value is -1.76. The van der Waals surface area contributed by atoms with E-state index in [9.17, 15) is 8.42 Å². The summed E-state index contributed by atoms with van der Waals surface area (Å²) >= 11 is 0. The molecule has 3 heterocycles. The van der Waals surface area contributed by atoms with Gasteiger partial charge in [-0.2, -0.15) is 4.31 Å². The number of hydrogen-bond acceptors (Lipinski definition) is 4. The number of pyridine rings is 1. The highest BCUT2D eigenvalue weighted by atomic mass is 32.2. The molecule has 1 aromatic carbocycles. The summed E-state index contributed by atoms with van der Waals surface area (Å²) in [4.78, 5) is 6.63. The van der Waals surface area contributed by atoms with Gasteiger partial charge in [-0.3, -0.25) is 9.88 Å². The first-order valence-electron chi connectivity index (χ1n) is 7.84.